The molecule has 0 bridgehead atoms. The minimum Gasteiger partial charge on any atom is -0.363 e. The Labute approximate surface area is 95.7 Å². The van der Waals surface area contributed by atoms with Crippen LogP contribution in [0.2, 0.25) is 0 Å². The van der Waals surface area contributed by atoms with E-state index in [1.807, 2.05) is 23.7 Å². The first-order chi connectivity index (χ1) is 7.93. The van der Waals surface area contributed by atoms with E-state index in [1.165, 1.54) is 11.5 Å². The Kier molecular flexibility index (Phi) is 2.26. The molecule has 0 spiro atoms. The third kappa shape index (κ3) is 1.63. The van der Waals surface area contributed by atoms with Gasteiger partial charge in [0.25, 0.3) is 0 Å². The largest absolute Gasteiger partial charge is 0.363 e. The van der Waals surface area contributed by atoms with E-state index in [-0.39, 0.29) is 0 Å². The summed E-state index contributed by atoms with van der Waals surface area (Å²) in [6, 6.07) is 3.91. The third-order valence-electron chi connectivity index (χ3n) is 2.27. The van der Waals surface area contributed by atoms with Gasteiger partial charge in [0.2, 0.25) is 0 Å². The molecule has 0 amide bonds. The van der Waals surface area contributed by atoms with Gasteiger partial charge in [-0.3, -0.25) is 0 Å². The second kappa shape index (κ2) is 3.90. The fourth-order valence-electron chi connectivity index (χ4n) is 1.51. The molecule has 0 radical (unpaired) electrons. The topological polar surface area (TPSA) is 66.5 Å². The van der Waals surface area contributed by atoms with E-state index >= 15 is 0 Å². The molecule has 0 aliphatic rings. The van der Waals surface area contributed by atoms with Crippen molar-refractivity contribution in [2.75, 3.05) is 5.32 Å². The lowest BCUT2D eigenvalue weighted by molar-refractivity contribution is 1.07. The van der Waals surface area contributed by atoms with Crippen molar-refractivity contribution in [2.24, 2.45) is 0 Å². The van der Waals surface area contributed by atoms with Crippen molar-refractivity contribution in [3.05, 3.63) is 35.7 Å². The Hall–Kier alpha value is -1.95. The van der Waals surface area contributed by atoms with Crippen molar-refractivity contribution in [2.45, 2.75) is 6.54 Å². The summed E-state index contributed by atoms with van der Waals surface area (Å²) in [4.78, 5) is 11.5. The quantitative estimate of drug-likeness (QED) is 0.723. The Morgan fingerprint density at radius 2 is 2.31 bits per heavy atom. The number of aromatic amines is 1. The highest BCUT2D eigenvalue weighted by Crippen LogP contribution is 2.17. The molecule has 0 aliphatic carbocycles. The third-order valence-corrected chi connectivity index (χ3v) is 2.87. The van der Waals surface area contributed by atoms with Gasteiger partial charge in [-0.2, -0.15) is 4.37 Å². The Morgan fingerprint density at radius 1 is 1.31 bits per heavy atom. The maximum atomic E-state index is 4.22. The monoisotopic (exact) mass is 231 g/mol. The van der Waals surface area contributed by atoms with Crippen LogP contribution in [0.25, 0.3) is 11.0 Å². The number of nitrogens with one attached hydrogen (secondary N) is 2. The standard InChI is InChI=1S/C10H9N5S/c1-3-11-9-8(1)13-6-14-10(9)12-5-7-2-4-16-15-7/h1-4,6,11H,5H2,(H,12,13,14). The normalized spacial score (nSPS) is 10.8. The van der Waals surface area contributed by atoms with Gasteiger partial charge < -0.3 is 10.3 Å². The summed E-state index contributed by atoms with van der Waals surface area (Å²) < 4.78 is 4.22. The van der Waals surface area contributed by atoms with Gasteiger partial charge in [-0.1, -0.05) is 0 Å². The predicted molar refractivity (Wildman–Crippen MR) is 63.3 cm³/mol. The van der Waals surface area contributed by atoms with Crippen molar-refractivity contribution >= 4 is 28.4 Å². The predicted octanol–water partition coefficient (Wildman–Crippen LogP) is 2.03. The van der Waals surface area contributed by atoms with Gasteiger partial charge in [-0.25, -0.2) is 9.97 Å². The van der Waals surface area contributed by atoms with Crippen molar-refractivity contribution in [3.8, 4) is 0 Å². The van der Waals surface area contributed by atoms with Crippen molar-refractivity contribution in [3.63, 3.8) is 0 Å². The van der Waals surface area contributed by atoms with Gasteiger partial charge in [-0.05, 0) is 23.7 Å². The van der Waals surface area contributed by atoms with E-state index in [2.05, 4.69) is 24.6 Å². The van der Waals surface area contributed by atoms with Crippen LogP contribution in [-0.2, 0) is 6.54 Å². The van der Waals surface area contributed by atoms with Crippen LogP contribution in [0.4, 0.5) is 5.82 Å². The van der Waals surface area contributed by atoms with Crippen LogP contribution < -0.4 is 5.32 Å². The maximum absolute atomic E-state index is 4.22. The minimum absolute atomic E-state index is 0.675. The Balaban J connectivity index is 1.86. The Bertz CT molecular complexity index is 586. The number of nitrogens with zero attached hydrogens (tertiary/aromatic N) is 3. The summed E-state index contributed by atoms with van der Waals surface area (Å²) in [5.41, 5.74) is 2.86. The lowest BCUT2D eigenvalue weighted by atomic mass is 10.4. The van der Waals surface area contributed by atoms with Crippen LogP contribution in [0.3, 0.4) is 0 Å². The van der Waals surface area contributed by atoms with Crippen LogP contribution in [0, 0.1) is 0 Å². The second-order valence-corrected chi connectivity index (χ2v) is 3.97. The van der Waals surface area contributed by atoms with E-state index in [0.717, 1.165) is 22.5 Å². The molecule has 6 heteroatoms. The molecule has 0 fully saturated rings. The number of hydrogen-bond acceptors (Lipinski definition) is 5. The zero-order valence-corrected chi connectivity index (χ0v) is 9.16. The SMILES string of the molecule is c1nc(NCc2ccsn2)c2[nH]ccc2n1. The number of anilines is 1. The summed E-state index contributed by atoms with van der Waals surface area (Å²) in [6.07, 6.45) is 3.41. The number of aromatic nitrogens is 4. The average molecular weight is 231 g/mol. The molecule has 3 rings (SSSR count). The van der Waals surface area contributed by atoms with Crippen LogP contribution in [0.5, 0.6) is 0 Å². The van der Waals surface area contributed by atoms with Crippen molar-refractivity contribution < 1.29 is 0 Å². The summed E-state index contributed by atoms with van der Waals surface area (Å²) >= 11 is 1.45. The fraction of sp³-hybridized carbons (Fsp3) is 0.100. The first kappa shape index (κ1) is 9.29. The lowest BCUT2D eigenvalue weighted by Crippen LogP contribution is -2.02. The number of fused-ring (bicyclic) bond motifs is 1. The molecular formula is C10H9N5S. The van der Waals surface area contributed by atoms with Gasteiger partial charge in [-0.15, -0.1) is 0 Å². The second-order valence-electron chi connectivity index (χ2n) is 3.30. The highest BCUT2D eigenvalue weighted by molar-refractivity contribution is 7.03. The molecule has 0 atom stereocenters. The van der Waals surface area contributed by atoms with E-state index in [1.54, 1.807) is 6.33 Å². The van der Waals surface area contributed by atoms with Gasteiger partial charge in [0.05, 0.1) is 17.8 Å². The zero-order chi connectivity index (χ0) is 10.8. The summed E-state index contributed by atoms with van der Waals surface area (Å²) in [5, 5.41) is 5.20. The van der Waals surface area contributed by atoms with Gasteiger partial charge >= 0.3 is 0 Å². The molecule has 3 aromatic rings. The van der Waals surface area contributed by atoms with E-state index in [0.29, 0.717) is 6.54 Å². The van der Waals surface area contributed by atoms with Gasteiger partial charge in [0, 0.05) is 11.6 Å². The first-order valence-corrected chi connectivity index (χ1v) is 5.68. The zero-order valence-electron chi connectivity index (χ0n) is 8.34. The van der Waals surface area contributed by atoms with Crippen LogP contribution in [-0.4, -0.2) is 19.3 Å². The molecule has 3 aromatic heterocycles. The van der Waals surface area contributed by atoms with Crippen LogP contribution in [0.1, 0.15) is 5.69 Å². The van der Waals surface area contributed by atoms with E-state index < -0.39 is 0 Å². The number of H-pyrrole nitrogens is 1. The van der Waals surface area contributed by atoms with Crippen molar-refractivity contribution in [1.82, 2.24) is 19.3 Å². The number of rotatable bonds is 3. The molecule has 3 heterocycles. The first-order valence-electron chi connectivity index (χ1n) is 4.85. The molecule has 0 aliphatic heterocycles. The highest BCUT2D eigenvalue weighted by atomic mass is 32.1. The van der Waals surface area contributed by atoms with Crippen LogP contribution in [0.15, 0.2) is 30.0 Å². The molecule has 0 saturated heterocycles. The average Bonchev–Trinajstić information content (AvgIpc) is 2.97. The minimum atomic E-state index is 0.675. The van der Waals surface area contributed by atoms with Crippen molar-refractivity contribution in [1.29, 1.82) is 0 Å². The van der Waals surface area contributed by atoms with Gasteiger partial charge in [0.1, 0.15) is 11.8 Å². The molecule has 0 unspecified atom stereocenters. The summed E-state index contributed by atoms with van der Waals surface area (Å²) in [6.45, 7) is 0.675. The van der Waals surface area contributed by atoms with E-state index in [9.17, 15) is 0 Å². The maximum Gasteiger partial charge on any atom is 0.154 e. The van der Waals surface area contributed by atoms with E-state index in [4.69, 9.17) is 0 Å². The molecule has 2 N–H and O–H groups in total. The smallest absolute Gasteiger partial charge is 0.154 e. The lowest BCUT2D eigenvalue weighted by Gasteiger charge is -2.03. The molecule has 5 nitrogen and oxygen atoms in total. The molecule has 0 saturated carbocycles. The van der Waals surface area contributed by atoms with Gasteiger partial charge in [0.15, 0.2) is 5.82 Å². The summed E-state index contributed by atoms with van der Waals surface area (Å²) in [5.74, 6) is 0.808. The van der Waals surface area contributed by atoms with Crippen LogP contribution >= 0.6 is 11.5 Å². The summed E-state index contributed by atoms with van der Waals surface area (Å²) in [7, 11) is 0. The highest BCUT2D eigenvalue weighted by Gasteiger charge is 2.04. The Morgan fingerprint density at radius 3 is 3.19 bits per heavy atom. The molecular weight excluding hydrogens is 222 g/mol. The number of hydrogen-bond donors (Lipinski definition) is 2. The molecule has 80 valence electrons. The fourth-order valence-corrected chi connectivity index (χ4v) is 2.05. The molecule has 16 heavy (non-hydrogen) atoms. The molecule has 0 aromatic carbocycles.